The van der Waals surface area contributed by atoms with Crippen molar-refractivity contribution in [2.75, 3.05) is 13.6 Å². The lowest BCUT2D eigenvalue weighted by Crippen LogP contribution is -2.07. The van der Waals surface area contributed by atoms with Gasteiger partial charge in [-0.2, -0.15) is 0 Å². The molecule has 0 N–H and O–H groups in total. The van der Waals surface area contributed by atoms with E-state index < -0.39 is 0 Å². The van der Waals surface area contributed by atoms with Gasteiger partial charge in [-0.25, -0.2) is 0 Å². The van der Waals surface area contributed by atoms with E-state index in [1.165, 1.54) is 19.3 Å². The Bertz CT molecular complexity index is 913. The van der Waals surface area contributed by atoms with Crippen LogP contribution in [0.5, 0.6) is 34.5 Å². The van der Waals surface area contributed by atoms with Gasteiger partial charge in [-0.15, -0.1) is 0 Å². The third-order valence-electron chi connectivity index (χ3n) is 6.25. The van der Waals surface area contributed by atoms with Crippen molar-refractivity contribution in [1.82, 2.24) is 0 Å². The maximum absolute atomic E-state index is 5.76. The Morgan fingerprint density at radius 1 is 0.938 bits per heavy atom. The topological polar surface area (TPSA) is 58.7 Å². The standard InChI is InChI=1S/C14H10O5.C12H22O/c1-3-11-13(17-7-15-11)5-9(1)19-10-2-4-12-14(6-10)18-8-16-12;1-5-10(6-2)8-9-11-12(4,7-3)13-11/h1-6H,7-8H2;5,11H,6-9H2,1-4H3. The Hall–Kier alpha value is -2.86. The lowest BCUT2D eigenvalue weighted by molar-refractivity contribution is 0.173. The molecule has 0 saturated carbocycles. The largest absolute Gasteiger partial charge is 0.457 e. The zero-order valence-corrected chi connectivity index (χ0v) is 19.3. The van der Waals surface area contributed by atoms with E-state index in [4.69, 9.17) is 28.4 Å². The molecule has 2 aromatic carbocycles. The van der Waals surface area contributed by atoms with E-state index in [-0.39, 0.29) is 19.2 Å². The van der Waals surface area contributed by atoms with E-state index in [9.17, 15) is 0 Å². The first-order chi connectivity index (χ1) is 15.5. The highest BCUT2D eigenvalue weighted by Gasteiger charge is 2.49. The van der Waals surface area contributed by atoms with E-state index in [1.54, 1.807) is 17.7 Å². The van der Waals surface area contributed by atoms with Gasteiger partial charge in [0, 0.05) is 12.1 Å². The van der Waals surface area contributed by atoms with Crippen molar-refractivity contribution in [2.45, 2.75) is 65.1 Å². The van der Waals surface area contributed by atoms with Gasteiger partial charge >= 0.3 is 0 Å². The molecule has 32 heavy (non-hydrogen) atoms. The van der Waals surface area contributed by atoms with E-state index >= 15 is 0 Å². The van der Waals surface area contributed by atoms with Gasteiger partial charge in [0.1, 0.15) is 11.5 Å². The van der Waals surface area contributed by atoms with Gasteiger partial charge in [-0.3, -0.25) is 0 Å². The zero-order chi connectivity index (χ0) is 22.6. The second-order valence-corrected chi connectivity index (χ2v) is 8.24. The van der Waals surface area contributed by atoms with Gasteiger partial charge in [0.15, 0.2) is 23.0 Å². The van der Waals surface area contributed by atoms with Crippen molar-refractivity contribution in [3.8, 4) is 34.5 Å². The zero-order valence-electron chi connectivity index (χ0n) is 19.3. The van der Waals surface area contributed by atoms with Gasteiger partial charge < -0.3 is 28.4 Å². The van der Waals surface area contributed by atoms with E-state index in [0.29, 0.717) is 29.1 Å². The highest BCUT2D eigenvalue weighted by atomic mass is 16.7. The summed E-state index contributed by atoms with van der Waals surface area (Å²) < 4.78 is 32.5. The van der Waals surface area contributed by atoms with Crippen molar-refractivity contribution in [3.05, 3.63) is 48.0 Å². The summed E-state index contributed by atoms with van der Waals surface area (Å²) in [6.07, 6.45) is 7.52. The molecule has 0 aliphatic carbocycles. The van der Waals surface area contributed by atoms with Crippen LogP contribution in [0.3, 0.4) is 0 Å². The van der Waals surface area contributed by atoms with Gasteiger partial charge in [0.2, 0.25) is 13.6 Å². The van der Waals surface area contributed by atoms with Crippen molar-refractivity contribution in [1.29, 1.82) is 0 Å². The Morgan fingerprint density at radius 3 is 1.97 bits per heavy atom. The molecule has 6 heteroatoms. The fourth-order valence-corrected chi connectivity index (χ4v) is 3.82. The highest BCUT2D eigenvalue weighted by Crippen LogP contribution is 2.42. The predicted molar refractivity (Wildman–Crippen MR) is 122 cm³/mol. The molecule has 1 fully saturated rings. The minimum absolute atomic E-state index is 0.215. The smallest absolute Gasteiger partial charge is 0.231 e. The van der Waals surface area contributed by atoms with Gasteiger partial charge in [-0.1, -0.05) is 25.5 Å². The molecule has 3 heterocycles. The molecule has 0 bridgehead atoms. The summed E-state index contributed by atoms with van der Waals surface area (Å²) in [4.78, 5) is 0. The molecule has 3 aliphatic heterocycles. The van der Waals surface area contributed by atoms with Crippen LogP contribution in [0.4, 0.5) is 0 Å². The first-order valence-corrected chi connectivity index (χ1v) is 11.3. The third kappa shape index (κ3) is 5.13. The number of hydrogen-bond acceptors (Lipinski definition) is 6. The number of rotatable bonds is 7. The number of ether oxygens (including phenoxy) is 6. The summed E-state index contributed by atoms with van der Waals surface area (Å²) in [5.41, 5.74) is 1.78. The van der Waals surface area contributed by atoms with Crippen LogP contribution in [0.1, 0.15) is 53.4 Å². The average molecular weight is 441 g/mol. The molecule has 0 radical (unpaired) electrons. The second-order valence-electron chi connectivity index (χ2n) is 8.24. The number of epoxide rings is 1. The van der Waals surface area contributed by atoms with E-state index in [2.05, 4.69) is 33.8 Å². The quantitative estimate of drug-likeness (QED) is 0.356. The van der Waals surface area contributed by atoms with Crippen molar-refractivity contribution in [3.63, 3.8) is 0 Å². The van der Waals surface area contributed by atoms with Crippen molar-refractivity contribution < 1.29 is 28.4 Å². The molecule has 6 nitrogen and oxygen atoms in total. The molecule has 0 spiro atoms. The highest BCUT2D eigenvalue weighted by molar-refractivity contribution is 5.50. The first kappa shape index (κ1) is 22.3. The molecule has 2 unspecified atom stereocenters. The fraction of sp³-hybridized carbons (Fsp3) is 0.462. The van der Waals surface area contributed by atoms with Crippen LogP contribution in [0.25, 0.3) is 0 Å². The molecular formula is C26H32O6. The fourth-order valence-electron chi connectivity index (χ4n) is 3.82. The van der Waals surface area contributed by atoms with Crippen LogP contribution < -0.4 is 23.7 Å². The summed E-state index contributed by atoms with van der Waals surface area (Å²) in [5, 5.41) is 0. The van der Waals surface area contributed by atoms with Crippen molar-refractivity contribution >= 4 is 0 Å². The molecule has 0 aromatic heterocycles. The second kappa shape index (κ2) is 9.74. The molecule has 172 valence electrons. The van der Waals surface area contributed by atoms with E-state index in [0.717, 1.165) is 17.9 Å². The van der Waals surface area contributed by atoms with Crippen LogP contribution >= 0.6 is 0 Å². The summed E-state index contributed by atoms with van der Waals surface area (Å²) >= 11 is 0. The Labute approximate surface area is 190 Å². The van der Waals surface area contributed by atoms with Gasteiger partial charge in [-0.05, 0) is 63.8 Å². The number of fused-ring (bicyclic) bond motifs is 2. The predicted octanol–water partition coefficient (Wildman–Crippen LogP) is 6.63. The molecular weight excluding hydrogens is 408 g/mol. The average Bonchev–Trinajstić information content (AvgIpc) is 3.16. The summed E-state index contributed by atoms with van der Waals surface area (Å²) in [7, 11) is 0. The van der Waals surface area contributed by atoms with Crippen LogP contribution in [-0.4, -0.2) is 25.3 Å². The molecule has 2 atom stereocenters. The van der Waals surface area contributed by atoms with Crippen molar-refractivity contribution in [2.24, 2.45) is 0 Å². The minimum atomic E-state index is 0.215. The normalized spacial score (nSPS) is 22.2. The number of benzene rings is 2. The molecule has 1 saturated heterocycles. The molecule has 2 aromatic rings. The van der Waals surface area contributed by atoms with Crippen LogP contribution in [0.15, 0.2) is 48.0 Å². The molecule has 0 amide bonds. The summed E-state index contributed by atoms with van der Waals surface area (Å²) in [5.74, 6) is 4.22. The summed E-state index contributed by atoms with van der Waals surface area (Å²) in [6, 6.07) is 10.9. The van der Waals surface area contributed by atoms with Gasteiger partial charge in [0.05, 0.1) is 11.7 Å². The number of hydrogen-bond donors (Lipinski definition) is 0. The summed E-state index contributed by atoms with van der Waals surface area (Å²) in [6.45, 7) is 9.29. The van der Waals surface area contributed by atoms with Crippen LogP contribution in [-0.2, 0) is 4.74 Å². The number of allylic oxidation sites excluding steroid dienone is 2. The molecule has 3 aliphatic rings. The van der Waals surface area contributed by atoms with E-state index in [1.807, 2.05) is 24.3 Å². The monoisotopic (exact) mass is 440 g/mol. The maximum atomic E-state index is 5.76. The Balaban J connectivity index is 0.000000166. The van der Waals surface area contributed by atoms with Crippen LogP contribution in [0.2, 0.25) is 0 Å². The Kier molecular flexibility index (Phi) is 6.80. The van der Waals surface area contributed by atoms with Crippen LogP contribution in [0, 0.1) is 0 Å². The van der Waals surface area contributed by atoms with Gasteiger partial charge in [0.25, 0.3) is 0 Å². The molecule has 5 rings (SSSR count). The lowest BCUT2D eigenvalue weighted by atomic mass is 9.98. The Morgan fingerprint density at radius 2 is 1.50 bits per heavy atom. The minimum Gasteiger partial charge on any atom is -0.457 e. The lowest BCUT2D eigenvalue weighted by Gasteiger charge is -2.07. The maximum Gasteiger partial charge on any atom is 0.231 e. The first-order valence-electron chi connectivity index (χ1n) is 11.3. The third-order valence-corrected chi connectivity index (χ3v) is 6.25. The SMILES string of the molecule is CC=C(CC)CCC1OC1(C)CC.c1cc2c(cc1Oc1ccc3c(c1)OCO3)OCO2.